The molecule has 0 saturated heterocycles. The van der Waals surface area contributed by atoms with Crippen LogP contribution < -0.4 is 0 Å². The fourth-order valence-corrected chi connectivity index (χ4v) is 0.931. The van der Waals surface area contributed by atoms with Gasteiger partial charge < -0.3 is 9.15 Å². The van der Waals surface area contributed by atoms with Crippen molar-refractivity contribution in [3.05, 3.63) is 34.1 Å². The second-order valence-corrected chi connectivity index (χ2v) is 2.93. The zero-order valence-corrected chi connectivity index (χ0v) is 8.71. The molecular weight excluding hydrogens is 214 g/mol. The van der Waals surface area contributed by atoms with Crippen LogP contribution in [0.2, 0.25) is 0 Å². The Bertz CT molecular complexity index is 407. The van der Waals surface area contributed by atoms with Crippen LogP contribution in [-0.2, 0) is 9.53 Å². The first kappa shape index (κ1) is 12.0. The predicted molar refractivity (Wildman–Crippen MR) is 55.6 cm³/mol. The summed E-state index contributed by atoms with van der Waals surface area (Å²) in [6.07, 6.45) is 3.23. The van der Waals surface area contributed by atoms with E-state index in [-0.39, 0.29) is 11.6 Å². The van der Waals surface area contributed by atoms with Crippen LogP contribution in [0.1, 0.15) is 19.1 Å². The molecule has 0 saturated carbocycles. The van der Waals surface area contributed by atoms with Gasteiger partial charge in [0, 0.05) is 6.08 Å². The van der Waals surface area contributed by atoms with E-state index in [4.69, 9.17) is 9.15 Å². The molecule has 16 heavy (non-hydrogen) atoms. The van der Waals surface area contributed by atoms with Gasteiger partial charge in [0.25, 0.3) is 0 Å². The summed E-state index contributed by atoms with van der Waals surface area (Å²) in [5, 5.41) is 10.3. The van der Waals surface area contributed by atoms with E-state index in [0.717, 1.165) is 12.5 Å². The van der Waals surface area contributed by atoms with E-state index >= 15 is 0 Å². The fraction of sp³-hybridized carbons (Fsp3) is 0.300. The minimum Gasteiger partial charge on any atom is -0.463 e. The van der Waals surface area contributed by atoms with Crippen LogP contribution in [0.5, 0.6) is 0 Å². The summed E-state index contributed by atoms with van der Waals surface area (Å²) in [5.74, 6) is -0.623. The molecule has 0 atom stereocenters. The Morgan fingerprint density at radius 1 is 1.62 bits per heavy atom. The lowest BCUT2D eigenvalue weighted by molar-refractivity contribution is -0.402. The predicted octanol–water partition coefficient (Wildman–Crippen LogP) is 2.15. The Morgan fingerprint density at radius 2 is 2.38 bits per heavy atom. The highest BCUT2D eigenvalue weighted by atomic mass is 16.6. The summed E-state index contributed by atoms with van der Waals surface area (Å²) < 4.78 is 9.57. The van der Waals surface area contributed by atoms with Gasteiger partial charge in [-0.1, -0.05) is 6.92 Å². The van der Waals surface area contributed by atoms with Crippen LogP contribution in [0.15, 0.2) is 22.6 Å². The van der Waals surface area contributed by atoms with Crippen LogP contribution in [0, 0.1) is 10.1 Å². The summed E-state index contributed by atoms with van der Waals surface area (Å²) in [6.45, 7) is 2.23. The van der Waals surface area contributed by atoms with E-state index in [1.165, 1.54) is 18.2 Å². The van der Waals surface area contributed by atoms with Crippen LogP contribution >= 0.6 is 0 Å². The molecule has 0 aliphatic rings. The molecule has 0 bridgehead atoms. The van der Waals surface area contributed by atoms with E-state index in [1.54, 1.807) is 0 Å². The standard InChI is InChI=1S/C10H11NO5/c1-2-7-15-10(12)6-4-8-3-5-9(16-8)11(13)14/h3-6H,2,7H2,1H3/b6-4+. The molecule has 6 heteroatoms. The van der Waals surface area contributed by atoms with Gasteiger partial charge in [0.1, 0.15) is 10.7 Å². The van der Waals surface area contributed by atoms with Gasteiger partial charge in [0.2, 0.25) is 0 Å². The van der Waals surface area contributed by atoms with E-state index in [9.17, 15) is 14.9 Å². The average Bonchev–Trinajstić information content (AvgIpc) is 2.72. The van der Waals surface area contributed by atoms with Gasteiger partial charge in [-0.15, -0.1) is 0 Å². The normalized spacial score (nSPS) is 10.6. The van der Waals surface area contributed by atoms with Gasteiger partial charge in [0.15, 0.2) is 0 Å². The zero-order valence-electron chi connectivity index (χ0n) is 8.71. The first-order chi connectivity index (χ1) is 7.63. The average molecular weight is 225 g/mol. The minimum absolute atomic E-state index is 0.236. The first-order valence-corrected chi connectivity index (χ1v) is 4.72. The smallest absolute Gasteiger partial charge is 0.433 e. The van der Waals surface area contributed by atoms with Gasteiger partial charge in [-0.05, 0) is 18.6 Å². The van der Waals surface area contributed by atoms with E-state index in [1.807, 2.05) is 6.92 Å². The van der Waals surface area contributed by atoms with Crippen molar-refractivity contribution in [3.8, 4) is 0 Å². The Kier molecular flexibility index (Phi) is 4.26. The number of ether oxygens (including phenoxy) is 1. The number of hydrogen-bond donors (Lipinski definition) is 0. The minimum atomic E-state index is -0.646. The van der Waals surface area contributed by atoms with Crippen LogP contribution in [0.4, 0.5) is 5.88 Å². The van der Waals surface area contributed by atoms with E-state index < -0.39 is 10.9 Å². The summed E-state index contributed by atoms with van der Waals surface area (Å²) in [7, 11) is 0. The molecule has 0 aliphatic carbocycles. The number of carbonyl (C=O) groups excluding carboxylic acids is 1. The molecule has 0 N–H and O–H groups in total. The zero-order chi connectivity index (χ0) is 12.0. The summed E-state index contributed by atoms with van der Waals surface area (Å²) in [5.41, 5.74) is 0. The summed E-state index contributed by atoms with van der Waals surface area (Å²) in [6, 6.07) is 2.62. The third-order valence-electron chi connectivity index (χ3n) is 1.62. The lowest BCUT2D eigenvalue weighted by atomic mass is 10.4. The van der Waals surface area contributed by atoms with E-state index in [0.29, 0.717) is 6.61 Å². The molecule has 0 spiro atoms. The van der Waals surface area contributed by atoms with Gasteiger partial charge >= 0.3 is 11.9 Å². The molecule has 0 unspecified atom stereocenters. The highest BCUT2D eigenvalue weighted by Crippen LogP contribution is 2.16. The molecule has 1 aromatic rings. The maximum atomic E-state index is 11.0. The Hall–Kier alpha value is -2.11. The van der Waals surface area contributed by atoms with Crippen molar-refractivity contribution < 1.29 is 18.9 Å². The highest BCUT2D eigenvalue weighted by molar-refractivity contribution is 5.86. The lowest BCUT2D eigenvalue weighted by Crippen LogP contribution is -2.00. The number of carbonyl (C=O) groups is 1. The largest absolute Gasteiger partial charge is 0.463 e. The SMILES string of the molecule is CCCOC(=O)/C=C/c1ccc([N+](=O)[O-])o1. The molecule has 86 valence electrons. The molecule has 1 aromatic heterocycles. The molecule has 0 aliphatic heterocycles. The topological polar surface area (TPSA) is 82.6 Å². The second kappa shape index (κ2) is 5.69. The molecule has 1 heterocycles. The molecule has 0 fully saturated rings. The fourth-order valence-electron chi connectivity index (χ4n) is 0.931. The Labute approximate surface area is 91.7 Å². The van der Waals surface area contributed by atoms with Crippen LogP contribution in [-0.4, -0.2) is 17.5 Å². The third kappa shape index (κ3) is 3.56. The molecule has 6 nitrogen and oxygen atoms in total. The van der Waals surface area contributed by atoms with Crippen molar-refractivity contribution >= 4 is 17.9 Å². The van der Waals surface area contributed by atoms with Crippen molar-refractivity contribution in [2.75, 3.05) is 6.61 Å². The second-order valence-electron chi connectivity index (χ2n) is 2.93. The maximum absolute atomic E-state index is 11.0. The van der Waals surface area contributed by atoms with Gasteiger partial charge in [-0.2, -0.15) is 0 Å². The van der Waals surface area contributed by atoms with Crippen molar-refractivity contribution in [2.45, 2.75) is 13.3 Å². The van der Waals surface area contributed by atoms with Crippen LogP contribution in [0.3, 0.4) is 0 Å². The summed E-state index contributed by atoms with van der Waals surface area (Å²) in [4.78, 5) is 20.7. The summed E-state index contributed by atoms with van der Waals surface area (Å²) >= 11 is 0. The van der Waals surface area contributed by atoms with Gasteiger partial charge in [0.05, 0.1) is 12.7 Å². The molecular formula is C10H11NO5. The van der Waals surface area contributed by atoms with Crippen molar-refractivity contribution in [3.63, 3.8) is 0 Å². The van der Waals surface area contributed by atoms with Crippen molar-refractivity contribution in [1.82, 2.24) is 0 Å². The monoisotopic (exact) mass is 225 g/mol. The van der Waals surface area contributed by atoms with Gasteiger partial charge in [-0.25, -0.2) is 4.79 Å². The Balaban J connectivity index is 2.55. The number of esters is 1. The van der Waals surface area contributed by atoms with Crippen molar-refractivity contribution in [1.29, 1.82) is 0 Å². The molecule has 1 rings (SSSR count). The maximum Gasteiger partial charge on any atom is 0.433 e. The van der Waals surface area contributed by atoms with E-state index in [2.05, 4.69) is 0 Å². The van der Waals surface area contributed by atoms with Crippen molar-refractivity contribution in [2.24, 2.45) is 0 Å². The number of rotatable bonds is 5. The highest BCUT2D eigenvalue weighted by Gasteiger charge is 2.10. The number of furan rings is 1. The quantitative estimate of drug-likeness (QED) is 0.332. The number of nitrogens with zero attached hydrogens (tertiary/aromatic N) is 1. The number of hydrogen-bond acceptors (Lipinski definition) is 5. The number of nitro groups is 1. The molecule has 0 aromatic carbocycles. The third-order valence-corrected chi connectivity index (χ3v) is 1.62. The molecule has 0 amide bonds. The first-order valence-electron chi connectivity index (χ1n) is 4.72. The van der Waals surface area contributed by atoms with Crippen LogP contribution in [0.25, 0.3) is 6.08 Å². The lowest BCUT2D eigenvalue weighted by Gasteiger charge is -1.96. The van der Waals surface area contributed by atoms with Gasteiger partial charge in [-0.3, -0.25) is 10.1 Å². The Morgan fingerprint density at radius 3 is 2.94 bits per heavy atom. The molecule has 0 radical (unpaired) electrons.